The molecule has 0 spiro atoms. The minimum absolute atomic E-state index is 0.107. The summed E-state index contributed by atoms with van der Waals surface area (Å²) in [6, 6.07) is 3.54. The van der Waals surface area contributed by atoms with Crippen LogP contribution in [0.2, 0.25) is 0 Å². The van der Waals surface area contributed by atoms with Gasteiger partial charge in [-0.1, -0.05) is 0 Å². The number of benzene rings is 1. The zero-order valence-electron chi connectivity index (χ0n) is 9.81. The van der Waals surface area contributed by atoms with E-state index < -0.39 is 6.10 Å². The normalized spacial score (nSPS) is 16.2. The van der Waals surface area contributed by atoms with Crippen LogP contribution in [0.3, 0.4) is 0 Å². The van der Waals surface area contributed by atoms with Gasteiger partial charge in [0.15, 0.2) is 11.5 Å². The minimum atomic E-state index is -0.818. The average molecular weight is 239 g/mol. The van der Waals surface area contributed by atoms with Crippen molar-refractivity contribution in [2.45, 2.75) is 12.5 Å². The molecule has 0 fully saturated rings. The summed E-state index contributed by atoms with van der Waals surface area (Å²) in [4.78, 5) is 0. The summed E-state index contributed by atoms with van der Waals surface area (Å²) in [6.07, 6.45) is -0.00332. The average Bonchev–Trinajstić information content (AvgIpc) is 2.61. The molecule has 94 valence electrons. The smallest absolute Gasteiger partial charge is 0.170 e. The molecule has 0 radical (unpaired) electrons. The van der Waals surface area contributed by atoms with Gasteiger partial charge in [-0.15, -0.1) is 0 Å². The molecule has 2 rings (SSSR count). The second kappa shape index (κ2) is 5.25. The Morgan fingerprint density at radius 3 is 2.88 bits per heavy atom. The fourth-order valence-corrected chi connectivity index (χ4v) is 1.85. The van der Waals surface area contributed by atoms with Crippen molar-refractivity contribution in [3.63, 3.8) is 0 Å². The van der Waals surface area contributed by atoms with Gasteiger partial charge in [0.2, 0.25) is 0 Å². The molecule has 0 aromatic heterocycles. The molecule has 1 unspecified atom stereocenters. The van der Waals surface area contributed by atoms with E-state index in [1.165, 1.54) is 0 Å². The third-order valence-corrected chi connectivity index (χ3v) is 2.69. The molecule has 0 aliphatic carbocycles. The maximum Gasteiger partial charge on any atom is 0.170 e. The summed E-state index contributed by atoms with van der Waals surface area (Å²) in [5.41, 5.74) is 6.06. The largest absolute Gasteiger partial charge is 0.496 e. The third-order valence-electron chi connectivity index (χ3n) is 2.69. The van der Waals surface area contributed by atoms with Crippen LogP contribution in [0.25, 0.3) is 0 Å². The number of methoxy groups -OCH3 is 1. The van der Waals surface area contributed by atoms with Gasteiger partial charge in [0, 0.05) is 13.0 Å². The first kappa shape index (κ1) is 12.0. The zero-order valence-corrected chi connectivity index (χ0v) is 9.81. The second-order valence-corrected chi connectivity index (χ2v) is 3.81. The van der Waals surface area contributed by atoms with Gasteiger partial charge in [-0.25, -0.2) is 0 Å². The monoisotopic (exact) mass is 239 g/mol. The zero-order chi connectivity index (χ0) is 12.3. The van der Waals surface area contributed by atoms with Crippen molar-refractivity contribution >= 4 is 0 Å². The molecule has 1 aliphatic rings. The molecule has 1 aromatic rings. The number of rotatable bonds is 3. The number of aliphatic hydroxyl groups excluding tert-OH is 1. The van der Waals surface area contributed by atoms with Crippen molar-refractivity contribution < 1.29 is 19.3 Å². The molecule has 0 saturated heterocycles. The van der Waals surface area contributed by atoms with Crippen LogP contribution in [-0.2, 0) is 0 Å². The Labute approximate surface area is 100 Å². The minimum Gasteiger partial charge on any atom is -0.496 e. The van der Waals surface area contributed by atoms with E-state index in [0.29, 0.717) is 36.0 Å². The molecule has 1 aromatic carbocycles. The molecule has 5 nitrogen and oxygen atoms in total. The number of aliphatic hydroxyl groups is 1. The first-order valence-corrected chi connectivity index (χ1v) is 5.62. The van der Waals surface area contributed by atoms with E-state index in [4.69, 9.17) is 19.9 Å². The van der Waals surface area contributed by atoms with Crippen molar-refractivity contribution in [3.05, 3.63) is 17.7 Å². The van der Waals surface area contributed by atoms with E-state index in [1.54, 1.807) is 19.2 Å². The van der Waals surface area contributed by atoms with Crippen LogP contribution >= 0.6 is 0 Å². The van der Waals surface area contributed by atoms with Crippen molar-refractivity contribution in [2.75, 3.05) is 26.9 Å². The summed E-state index contributed by atoms with van der Waals surface area (Å²) in [7, 11) is 1.55. The Bertz CT molecular complexity index is 394. The van der Waals surface area contributed by atoms with E-state index >= 15 is 0 Å². The molecule has 1 aliphatic heterocycles. The highest BCUT2D eigenvalue weighted by atomic mass is 16.5. The molecule has 0 amide bonds. The summed E-state index contributed by atoms with van der Waals surface area (Å²) in [5, 5.41) is 9.95. The predicted molar refractivity (Wildman–Crippen MR) is 62.6 cm³/mol. The van der Waals surface area contributed by atoms with Crippen LogP contribution in [-0.4, -0.2) is 32.0 Å². The van der Waals surface area contributed by atoms with E-state index in [-0.39, 0.29) is 6.54 Å². The lowest BCUT2D eigenvalue weighted by Gasteiger charge is -2.18. The second-order valence-electron chi connectivity index (χ2n) is 3.81. The van der Waals surface area contributed by atoms with E-state index in [9.17, 15) is 5.11 Å². The Hall–Kier alpha value is -1.46. The fraction of sp³-hybridized carbons (Fsp3) is 0.500. The van der Waals surface area contributed by atoms with Crippen molar-refractivity contribution in [1.82, 2.24) is 0 Å². The Morgan fingerprint density at radius 2 is 2.18 bits per heavy atom. The van der Waals surface area contributed by atoms with Gasteiger partial charge in [0.25, 0.3) is 0 Å². The predicted octanol–water partition coefficient (Wildman–Crippen LogP) is 0.849. The lowest BCUT2D eigenvalue weighted by Crippen LogP contribution is -2.14. The maximum atomic E-state index is 9.95. The molecular weight excluding hydrogens is 222 g/mol. The number of nitrogens with two attached hydrogens (primary N) is 1. The lowest BCUT2D eigenvalue weighted by molar-refractivity contribution is 0.175. The number of ether oxygens (including phenoxy) is 3. The quantitative estimate of drug-likeness (QED) is 0.818. The van der Waals surface area contributed by atoms with Gasteiger partial charge in [0.05, 0.1) is 32.0 Å². The van der Waals surface area contributed by atoms with E-state index in [1.807, 2.05) is 0 Å². The van der Waals surface area contributed by atoms with E-state index in [2.05, 4.69) is 0 Å². The topological polar surface area (TPSA) is 73.9 Å². The summed E-state index contributed by atoms with van der Waals surface area (Å²) >= 11 is 0. The maximum absolute atomic E-state index is 9.95. The van der Waals surface area contributed by atoms with Crippen LogP contribution in [0.15, 0.2) is 12.1 Å². The molecule has 1 atom stereocenters. The highest BCUT2D eigenvalue weighted by Crippen LogP contribution is 2.42. The van der Waals surface area contributed by atoms with Gasteiger partial charge in [0.1, 0.15) is 5.75 Å². The first-order valence-electron chi connectivity index (χ1n) is 5.62. The molecule has 3 N–H and O–H groups in total. The van der Waals surface area contributed by atoms with Crippen LogP contribution in [0.1, 0.15) is 18.1 Å². The third kappa shape index (κ3) is 2.30. The van der Waals surface area contributed by atoms with Crippen molar-refractivity contribution in [3.8, 4) is 17.2 Å². The molecule has 1 heterocycles. The van der Waals surface area contributed by atoms with Crippen molar-refractivity contribution in [1.29, 1.82) is 0 Å². The van der Waals surface area contributed by atoms with Gasteiger partial charge in [-0.2, -0.15) is 0 Å². The molecule has 17 heavy (non-hydrogen) atoms. The van der Waals surface area contributed by atoms with Gasteiger partial charge < -0.3 is 25.1 Å². The van der Waals surface area contributed by atoms with Gasteiger partial charge >= 0.3 is 0 Å². The summed E-state index contributed by atoms with van der Waals surface area (Å²) < 4.78 is 16.4. The number of fused-ring (bicyclic) bond motifs is 1. The summed E-state index contributed by atoms with van der Waals surface area (Å²) in [5.74, 6) is 1.73. The van der Waals surface area contributed by atoms with Crippen LogP contribution in [0.5, 0.6) is 17.2 Å². The standard InChI is InChI=1S/C12H17NO4/c1-15-9-3-4-10-12(11(9)8(14)7-13)17-6-2-5-16-10/h3-4,8,14H,2,5-7,13H2,1H3. The van der Waals surface area contributed by atoms with Crippen LogP contribution in [0, 0.1) is 0 Å². The highest BCUT2D eigenvalue weighted by Gasteiger charge is 2.23. The van der Waals surface area contributed by atoms with Crippen LogP contribution < -0.4 is 19.9 Å². The Balaban J connectivity index is 2.50. The summed E-state index contributed by atoms with van der Waals surface area (Å²) in [6.45, 7) is 1.28. The molecule has 5 heteroatoms. The Morgan fingerprint density at radius 1 is 1.41 bits per heavy atom. The number of hydrogen-bond acceptors (Lipinski definition) is 5. The van der Waals surface area contributed by atoms with Gasteiger partial charge in [-0.05, 0) is 12.1 Å². The number of hydrogen-bond donors (Lipinski definition) is 2. The SMILES string of the molecule is COc1ccc2c(c1C(O)CN)OCCCO2. The van der Waals surface area contributed by atoms with E-state index in [0.717, 1.165) is 6.42 Å². The van der Waals surface area contributed by atoms with Gasteiger partial charge in [-0.3, -0.25) is 0 Å². The first-order chi connectivity index (χ1) is 8.27. The lowest BCUT2D eigenvalue weighted by atomic mass is 10.1. The van der Waals surface area contributed by atoms with Crippen LogP contribution in [0.4, 0.5) is 0 Å². The molecular formula is C12H17NO4. The molecule has 0 bridgehead atoms. The fourth-order valence-electron chi connectivity index (χ4n) is 1.85. The van der Waals surface area contributed by atoms with Crippen molar-refractivity contribution in [2.24, 2.45) is 5.73 Å². The molecule has 0 saturated carbocycles. The Kier molecular flexibility index (Phi) is 3.71. The highest BCUT2D eigenvalue weighted by molar-refractivity contribution is 5.55.